The van der Waals surface area contributed by atoms with Gasteiger partial charge >= 0.3 is 5.69 Å². The maximum atomic E-state index is 11.5. The molecule has 0 bridgehead atoms. The molecule has 0 aliphatic rings. The predicted molar refractivity (Wildman–Crippen MR) is 77.2 cm³/mol. The van der Waals surface area contributed by atoms with E-state index in [4.69, 9.17) is 9.47 Å². The highest BCUT2D eigenvalue weighted by atomic mass is 32.2. The molecule has 2 N–H and O–H groups in total. The molecule has 0 radical (unpaired) electrons. The molecular formula is C12H23N3O4S. The number of rotatable bonds is 10. The summed E-state index contributed by atoms with van der Waals surface area (Å²) in [5.74, 6) is 0.424. The molecule has 0 saturated heterocycles. The fraction of sp³-hybridized carbons (Fsp3) is 0.833. The van der Waals surface area contributed by atoms with Gasteiger partial charge in [-0.15, -0.1) is 5.10 Å². The van der Waals surface area contributed by atoms with Crippen molar-refractivity contribution in [2.24, 2.45) is 0 Å². The van der Waals surface area contributed by atoms with Gasteiger partial charge in [0.1, 0.15) is 0 Å². The van der Waals surface area contributed by atoms with Gasteiger partial charge in [-0.05, 0) is 13.3 Å². The highest BCUT2D eigenvalue weighted by Gasteiger charge is 2.12. The van der Waals surface area contributed by atoms with E-state index >= 15 is 0 Å². The average Bonchev–Trinajstić information content (AvgIpc) is 2.76. The van der Waals surface area contributed by atoms with E-state index < -0.39 is 6.10 Å². The number of methoxy groups -OCH3 is 1. The molecule has 0 spiro atoms. The summed E-state index contributed by atoms with van der Waals surface area (Å²) >= 11 is 1.34. The number of aromatic nitrogens is 3. The molecule has 20 heavy (non-hydrogen) atoms. The largest absolute Gasteiger partial charge is 0.390 e. The first-order valence-corrected chi connectivity index (χ1v) is 7.63. The van der Waals surface area contributed by atoms with Gasteiger partial charge in [0, 0.05) is 19.4 Å². The van der Waals surface area contributed by atoms with Crippen LogP contribution < -0.4 is 5.69 Å². The fourth-order valence-corrected chi connectivity index (χ4v) is 2.49. The van der Waals surface area contributed by atoms with Crippen molar-refractivity contribution in [3.63, 3.8) is 0 Å². The Morgan fingerprint density at radius 1 is 1.50 bits per heavy atom. The van der Waals surface area contributed by atoms with Crippen molar-refractivity contribution in [2.75, 3.05) is 26.1 Å². The molecule has 116 valence electrons. The Labute approximate surface area is 122 Å². The SMILES string of the molecule is CCCn1c(SCC(O)COC(C)COC)n[nH]c1=O. The molecular weight excluding hydrogens is 282 g/mol. The Bertz CT molecular complexity index is 435. The number of nitrogens with zero attached hydrogens (tertiary/aromatic N) is 2. The number of nitrogens with one attached hydrogen (secondary N) is 1. The first kappa shape index (κ1) is 17.2. The molecule has 0 saturated carbocycles. The lowest BCUT2D eigenvalue weighted by Gasteiger charge is -2.15. The number of hydrogen-bond donors (Lipinski definition) is 2. The fourth-order valence-electron chi connectivity index (χ4n) is 1.61. The van der Waals surface area contributed by atoms with Gasteiger partial charge < -0.3 is 14.6 Å². The number of aliphatic hydroxyl groups excluding tert-OH is 1. The summed E-state index contributed by atoms with van der Waals surface area (Å²) in [5.41, 5.74) is -0.214. The topological polar surface area (TPSA) is 89.4 Å². The van der Waals surface area contributed by atoms with E-state index in [1.165, 1.54) is 11.8 Å². The van der Waals surface area contributed by atoms with Crippen LogP contribution in [-0.4, -0.2) is 58.2 Å². The van der Waals surface area contributed by atoms with Gasteiger partial charge in [-0.25, -0.2) is 9.89 Å². The number of H-pyrrole nitrogens is 1. The Morgan fingerprint density at radius 3 is 2.90 bits per heavy atom. The molecule has 1 aromatic rings. The minimum Gasteiger partial charge on any atom is -0.390 e. The van der Waals surface area contributed by atoms with Crippen LogP contribution in [0, 0.1) is 0 Å². The van der Waals surface area contributed by atoms with E-state index in [-0.39, 0.29) is 18.4 Å². The second kappa shape index (κ2) is 9.17. The van der Waals surface area contributed by atoms with Crippen LogP contribution in [0.3, 0.4) is 0 Å². The number of aliphatic hydroxyl groups is 1. The van der Waals surface area contributed by atoms with Gasteiger partial charge in [0.15, 0.2) is 5.16 Å². The molecule has 2 atom stereocenters. The highest BCUT2D eigenvalue weighted by molar-refractivity contribution is 7.99. The lowest BCUT2D eigenvalue weighted by molar-refractivity contribution is -0.0257. The Kier molecular flexibility index (Phi) is 7.90. The molecule has 1 aromatic heterocycles. The normalized spacial score (nSPS) is 14.4. The quantitative estimate of drug-likeness (QED) is 0.611. The van der Waals surface area contributed by atoms with Gasteiger partial charge in [0.2, 0.25) is 0 Å². The van der Waals surface area contributed by atoms with E-state index in [1.807, 2.05) is 13.8 Å². The summed E-state index contributed by atoms with van der Waals surface area (Å²) in [6.07, 6.45) is 0.192. The highest BCUT2D eigenvalue weighted by Crippen LogP contribution is 2.15. The number of ether oxygens (including phenoxy) is 2. The van der Waals surface area contributed by atoms with Crippen molar-refractivity contribution in [1.82, 2.24) is 14.8 Å². The van der Waals surface area contributed by atoms with Crippen LogP contribution in [0.2, 0.25) is 0 Å². The van der Waals surface area contributed by atoms with Gasteiger partial charge in [-0.2, -0.15) is 0 Å². The Balaban J connectivity index is 2.37. The molecule has 8 heteroatoms. The number of aromatic amines is 1. The number of hydrogen-bond acceptors (Lipinski definition) is 6. The van der Waals surface area contributed by atoms with Gasteiger partial charge in [0.05, 0.1) is 25.4 Å². The lowest BCUT2D eigenvalue weighted by Crippen LogP contribution is -2.24. The Hall–Kier alpha value is -0.830. The van der Waals surface area contributed by atoms with Crippen molar-refractivity contribution in [2.45, 2.75) is 44.2 Å². The molecule has 7 nitrogen and oxygen atoms in total. The molecule has 0 aliphatic heterocycles. The van der Waals surface area contributed by atoms with Crippen molar-refractivity contribution in [3.05, 3.63) is 10.5 Å². The molecule has 0 fully saturated rings. The average molecular weight is 305 g/mol. The van der Waals surface area contributed by atoms with Crippen LogP contribution in [0.4, 0.5) is 0 Å². The maximum absolute atomic E-state index is 11.5. The number of thioether (sulfide) groups is 1. The van der Waals surface area contributed by atoms with Crippen LogP contribution in [0.1, 0.15) is 20.3 Å². The lowest BCUT2D eigenvalue weighted by atomic mass is 10.4. The van der Waals surface area contributed by atoms with E-state index in [9.17, 15) is 9.90 Å². The molecule has 1 heterocycles. The van der Waals surface area contributed by atoms with Crippen molar-refractivity contribution < 1.29 is 14.6 Å². The standard InChI is InChI=1S/C12H23N3O4S/c1-4-5-15-11(17)13-14-12(15)20-8-10(16)7-19-9(2)6-18-3/h9-10,16H,4-8H2,1-3H3,(H,13,17). The van der Waals surface area contributed by atoms with Crippen molar-refractivity contribution in [1.29, 1.82) is 0 Å². The van der Waals surface area contributed by atoms with E-state index in [0.29, 0.717) is 24.1 Å². The summed E-state index contributed by atoms with van der Waals surface area (Å²) in [6, 6.07) is 0. The van der Waals surface area contributed by atoms with Crippen molar-refractivity contribution in [3.8, 4) is 0 Å². The summed E-state index contributed by atoms with van der Waals surface area (Å²) in [6.45, 7) is 5.23. The zero-order valence-corrected chi connectivity index (χ0v) is 13.0. The smallest absolute Gasteiger partial charge is 0.343 e. The van der Waals surface area contributed by atoms with Crippen LogP contribution in [-0.2, 0) is 16.0 Å². The van der Waals surface area contributed by atoms with Crippen LogP contribution >= 0.6 is 11.8 Å². The van der Waals surface area contributed by atoms with Crippen LogP contribution in [0.25, 0.3) is 0 Å². The summed E-state index contributed by atoms with van der Waals surface area (Å²) in [7, 11) is 1.61. The second-order valence-electron chi connectivity index (χ2n) is 4.53. The molecule has 0 amide bonds. The molecule has 2 unspecified atom stereocenters. The first-order valence-electron chi connectivity index (χ1n) is 6.65. The minimum atomic E-state index is -0.610. The third-order valence-corrected chi connectivity index (χ3v) is 3.67. The van der Waals surface area contributed by atoms with E-state index in [1.54, 1.807) is 11.7 Å². The zero-order chi connectivity index (χ0) is 15.0. The van der Waals surface area contributed by atoms with Gasteiger partial charge in [-0.1, -0.05) is 18.7 Å². The monoisotopic (exact) mass is 305 g/mol. The van der Waals surface area contributed by atoms with Crippen molar-refractivity contribution >= 4 is 11.8 Å². The maximum Gasteiger partial charge on any atom is 0.343 e. The zero-order valence-electron chi connectivity index (χ0n) is 12.2. The molecule has 1 rings (SSSR count). The van der Waals surface area contributed by atoms with Gasteiger partial charge in [-0.3, -0.25) is 4.57 Å². The summed E-state index contributed by atoms with van der Waals surface area (Å²) in [5, 5.41) is 16.8. The third-order valence-electron chi connectivity index (χ3n) is 2.55. The van der Waals surface area contributed by atoms with Crippen LogP contribution in [0.5, 0.6) is 0 Å². The van der Waals surface area contributed by atoms with E-state index in [0.717, 1.165) is 6.42 Å². The van der Waals surface area contributed by atoms with E-state index in [2.05, 4.69) is 10.2 Å². The van der Waals surface area contributed by atoms with Crippen LogP contribution in [0.15, 0.2) is 9.95 Å². The molecule has 0 aromatic carbocycles. The summed E-state index contributed by atoms with van der Waals surface area (Å²) < 4.78 is 12.0. The minimum absolute atomic E-state index is 0.0525. The molecule has 0 aliphatic carbocycles. The third kappa shape index (κ3) is 5.66. The Morgan fingerprint density at radius 2 is 2.25 bits per heavy atom. The van der Waals surface area contributed by atoms with Gasteiger partial charge in [0.25, 0.3) is 0 Å². The first-order chi connectivity index (χ1) is 9.58. The second-order valence-corrected chi connectivity index (χ2v) is 5.51. The predicted octanol–water partition coefficient (Wildman–Crippen LogP) is 0.486. The summed E-state index contributed by atoms with van der Waals surface area (Å²) in [4.78, 5) is 11.5.